The van der Waals surface area contributed by atoms with Crippen LogP contribution in [0, 0.1) is 6.92 Å². The van der Waals surface area contributed by atoms with Gasteiger partial charge in [-0.05, 0) is 31.5 Å². The fourth-order valence-electron chi connectivity index (χ4n) is 2.89. The maximum absolute atomic E-state index is 12.8. The lowest BCUT2D eigenvalue weighted by molar-refractivity contribution is 0.102. The molecular formula is C22H24N4O3. The van der Waals surface area contributed by atoms with Gasteiger partial charge in [-0.25, -0.2) is 9.97 Å². The summed E-state index contributed by atoms with van der Waals surface area (Å²) in [5.74, 6) is 1.87. The van der Waals surface area contributed by atoms with Crippen molar-refractivity contribution in [3.63, 3.8) is 0 Å². The molecule has 150 valence electrons. The van der Waals surface area contributed by atoms with E-state index in [2.05, 4.69) is 20.6 Å². The number of benzene rings is 2. The first-order valence-corrected chi connectivity index (χ1v) is 9.20. The van der Waals surface area contributed by atoms with Crippen LogP contribution in [0.1, 0.15) is 34.8 Å². The van der Waals surface area contributed by atoms with Crippen molar-refractivity contribution in [2.75, 3.05) is 24.9 Å². The molecular weight excluding hydrogens is 368 g/mol. The summed E-state index contributed by atoms with van der Waals surface area (Å²) >= 11 is 0. The molecule has 0 aliphatic rings. The van der Waals surface area contributed by atoms with E-state index in [0.29, 0.717) is 28.8 Å². The second-order valence-electron chi connectivity index (χ2n) is 6.48. The third-order valence-electron chi connectivity index (χ3n) is 4.39. The molecule has 1 unspecified atom stereocenters. The predicted octanol–water partition coefficient (Wildman–Crippen LogP) is 4.23. The van der Waals surface area contributed by atoms with Crippen LogP contribution in [0.15, 0.2) is 54.6 Å². The highest BCUT2D eigenvalue weighted by Gasteiger charge is 2.15. The molecule has 0 saturated heterocycles. The van der Waals surface area contributed by atoms with Gasteiger partial charge in [0, 0.05) is 18.2 Å². The molecule has 3 aromatic rings. The number of hydrogen-bond donors (Lipinski definition) is 2. The largest absolute Gasteiger partial charge is 0.497 e. The van der Waals surface area contributed by atoms with E-state index in [1.807, 2.05) is 37.3 Å². The molecule has 0 aliphatic carbocycles. The minimum Gasteiger partial charge on any atom is -0.497 e. The third-order valence-corrected chi connectivity index (χ3v) is 4.39. The number of ether oxygens (including phenoxy) is 2. The predicted molar refractivity (Wildman–Crippen MR) is 113 cm³/mol. The average molecular weight is 392 g/mol. The molecule has 3 rings (SSSR count). The fourth-order valence-corrected chi connectivity index (χ4v) is 2.89. The molecule has 0 aliphatic heterocycles. The van der Waals surface area contributed by atoms with E-state index in [-0.39, 0.29) is 17.6 Å². The monoisotopic (exact) mass is 392 g/mol. The second kappa shape index (κ2) is 9.05. The molecule has 1 heterocycles. The summed E-state index contributed by atoms with van der Waals surface area (Å²) in [4.78, 5) is 21.5. The molecule has 1 amide bonds. The maximum Gasteiger partial charge on any atom is 0.274 e. The van der Waals surface area contributed by atoms with E-state index < -0.39 is 0 Å². The number of amides is 1. The molecule has 0 fully saturated rings. The van der Waals surface area contributed by atoms with Gasteiger partial charge in [0.25, 0.3) is 5.91 Å². The normalized spacial score (nSPS) is 11.4. The van der Waals surface area contributed by atoms with E-state index in [9.17, 15) is 4.79 Å². The Morgan fingerprint density at radius 2 is 1.76 bits per heavy atom. The van der Waals surface area contributed by atoms with Gasteiger partial charge in [0.2, 0.25) is 0 Å². The van der Waals surface area contributed by atoms with Crippen molar-refractivity contribution in [1.82, 2.24) is 9.97 Å². The first kappa shape index (κ1) is 20.1. The van der Waals surface area contributed by atoms with Crippen molar-refractivity contribution in [1.29, 1.82) is 0 Å². The zero-order valence-corrected chi connectivity index (χ0v) is 16.9. The number of carbonyl (C=O) groups is 1. The Hall–Kier alpha value is -3.61. The summed E-state index contributed by atoms with van der Waals surface area (Å²) in [7, 11) is 3.11. The highest BCUT2D eigenvalue weighted by molar-refractivity contribution is 6.04. The quantitative estimate of drug-likeness (QED) is 0.626. The average Bonchev–Trinajstić information content (AvgIpc) is 2.74. The molecule has 0 radical (unpaired) electrons. The SMILES string of the molecule is COc1ccc(NC(=O)c2cc(NC(C)c3ccccc3)nc(C)n2)c(OC)c1. The van der Waals surface area contributed by atoms with Crippen molar-refractivity contribution in [3.05, 3.63) is 71.7 Å². The Balaban J connectivity index is 1.79. The van der Waals surface area contributed by atoms with Gasteiger partial charge in [-0.1, -0.05) is 30.3 Å². The Kier molecular flexibility index (Phi) is 6.29. The topological polar surface area (TPSA) is 85.4 Å². The van der Waals surface area contributed by atoms with Crippen LogP contribution in [-0.4, -0.2) is 30.1 Å². The summed E-state index contributed by atoms with van der Waals surface area (Å²) in [6, 6.07) is 16.9. The standard InChI is InChI=1S/C22H24N4O3/c1-14(16-8-6-5-7-9-16)23-21-13-19(24-15(2)25-21)22(27)26-18-11-10-17(28-3)12-20(18)29-4/h5-14H,1-4H3,(H,26,27)(H,23,24,25). The first-order valence-electron chi connectivity index (χ1n) is 9.20. The highest BCUT2D eigenvalue weighted by atomic mass is 16.5. The third kappa shape index (κ3) is 5.01. The number of nitrogens with zero attached hydrogens (tertiary/aromatic N) is 2. The van der Waals surface area contributed by atoms with Crippen LogP contribution >= 0.6 is 0 Å². The van der Waals surface area contributed by atoms with E-state index in [1.165, 1.54) is 7.11 Å². The molecule has 2 N–H and O–H groups in total. The zero-order chi connectivity index (χ0) is 20.8. The van der Waals surface area contributed by atoms with Gasteiger partial charge in [0.05, 0.1) is 19.9 Å². The Morgan fingerprint density at radius 3 is 2.45 bits per heavy atom. The van der Waals surface area contributed by atoms with Crippen molar-refractivity contribution in [2.45, 2.75) is 19.9 Å². The zero-order valence-electron chi connectivity index (χ0n) is 16.9. The minimum atomic E-state index is -0.352. The molecule has 29 heavy (non-hydrogen) atoms. The van der Waals surface area contributed by atoms with E-state index in [0.717, 1.165) is 5.56 Å². The molecule has 1 aromatic heterocycles. The molecule has 0 saturated carbocycles. The van der Waals surface area contributed by atoms with Crippen LogP contribution in [0.3, 0.4) is 0 Å². The van der Waals surface area contributed by atoms with Crippen LogP contribution in [-0.2, 0) is 0 Å². The number of hydrogen-bond acceptors (Lipinski definition) is 6. The summed E-state index contributed by atoms with van der Waals surface area (Å²) < 4.78 is 10.5. The second-order valence-corrected chi connectivity index (χ2v) is 6.48. The fraction of sp³-hybridized carbons (Fsp3) is 0.227. The number of methoxy groups -OCH3 is 2. The lowest BCUT2D eigenvalue weighted by Crippen LogP contribution is -2.17. The van der Waals surface area contributed by atoms with Crippen molar-refractivity contribution >= 4 is 17.4 Å². The number of nitrogens with one attached hydrogen (secondary N) is 2. The lowest BCUT2D eigenvalue weighted by atomic mass is 10.1. The molecule has 1 atom stereocenters. The Labute approximate surface area is 170 Å². The summed E-state index contributed by atoms with van der Waals surface area (Å²) in [6.45, 7) is 3.79. The molecule has 0 bridgehead atoms. The number of anilines is 2. The van der Waals surface area contributed by atoms with Gasteiger partial charge in [0.1, 0.15) is 28.8 Å². The Bertz CT molecular complexity index is 993. The number of carbonyl (C=O) groups excluding carboxylic acids is 1. The minimum absolute atomic E-state index is 0.0306. The van der Waals surface area contributed by atoms with Crippen LogP contribution in [0.2, 0.25) is 0 Å². The van der Waals surface area contributed by atoms with Crippen LogP contribution in [0.5, 0.6) is 11.5 Å². The van der Waals surface area contributed by atoms with Crippen molar-refractivity contribution in [2.24, 2.45) is 0 Å². The van der Waals surface area contributed by atoms with Crippen LogP contribution in [0.4, 0.5) is 11.5 Å². The van der Waals surface area contributed by atoms with Gasteiger partial charge >= 0.3 is 0 Å². The maximum atomic E-state index is 12.8. The van der Waals surface area contributed by atoms with E-state index >= 15 is 0 Å². The number of rotatable bonds is 7. The van der Waals surface area contributed by atoms with Crippen LogP contribution in [0.25, 0.3) is 0 Å². The summed E-state index contributed by atoms with van der Waals surface area (Å²) in [5, 5.41) is 6.15. The van der Waals surface area contributed by atoms with Crippen molar-refractivity contribution in [3.8, 4) is 11.5 Å². The smallest absolute Gasteiger partial charge is 0.274 e. The van der Waals surface area contributed by atoms with Gasteiger partial charge in [-0.15, -0.1) is 0 Å². The molecule has 7 nitrogen and oxygen atoms in total. The highest BCUT2D eigenvalue weighted by Crippen LogP contribution is 2.29. The molecule has 0 spiro atoms. The van der Waals surface area contributed by atoms with Gasteiger partial charge < -0.3 is 20.1 Å². The van der Waals surface area contributed by atoms with Gasteiger partial charge in [-0.2, -0.15) is 0 Å². The van der Waals surface area contributed by atoms with Crippen LogP contribution < -0.4 is 20.1 Å². The summed E-state index contributed by atoms with van der Waals surface area (Å²) in [5.41, 5.74) is 1.91. The van der Waals surface area contributed by atoms with E-state index in [4.69, 9.17) is 9.47 Å². The number of aryl methyl sites for hydroxylation is 1. The number of aromatic nitrogens is 2. The van der Waals surface area contributed by atoms with Gasteiger partial charge in [0.15, 0.2) is 0 Å². The summed E-state index contributed by atoms with van der Waals surface area (Å²) in [6.07, 6.45) is 0. The van der Waals surface area contributed by atoms with Crippen molar-refractivity contribution < 1.29 is 14.3 Å². The Morgan fingerprint density at radius 1 is 1.00 bits per heavy atom. The first-order chi connectivity index (χ1) is 14.0. The van der Waals surface area contributed by atoms with E-state index in [1.54, 1.807) is 38.3 Å². The molecule has 2 aromatic carbocycles. The molecule has 7 heteroatoms. The van der Waals surface area contributed by atoms with Gasteiger partial charge in [-0.3, -0.25) is 4.79 Å². The lowest BCUT2D eigenvalue weighted by Gasteiger charge is -2.16.